The van der Waals surface area contributed by atoms with Crippen LogP contribution in [0.3, 0.4) is 0 Å². The van der Waals surface area contributed by atoms with E-state index in [9.17, 15) is 9.90 Å². The van der Waals surface area contributed by atoms with E-state index in [1.807, 2.05) is 4.90 Å². The lowest BCUT2D eigenvalue weighted by Crippen LogP contribution is -2.48. The molecule has 3 heterocycles. The minimum absolute atomic E-state index is 0.0446. The van der Waals surface area contributed by atoms with Crippen LogP contribution in [0.2, 0.25) is 0 Å². The Morgan fingerprint density at radius 2 is 2.00 bits per heavy atom. The normalized spacial score (nSPS) is 30.6. The van der Waals surface area contributed by atoms with Crippen LogP contribution < -0.4 is 0 Å². The van der Waals surface area contributed by atoms with Gasteiger partial charge in [-0.15, -0.1) is 0 Å². The van der Waals surface area contributed by atoms with Crippen molar-refractivity contribution in [3.05, 3.63) is 28.5 Å². The average molecular weight is 311 g/mol. The Kier molecular flexibility index (Phi) is 3.11. The number of fused-ring (bicyclic) bond motifs is 2. The van der Waals surface area contributed by atoms with E-state index in [1.165, 1.54) is 0 Å². The van der Waals surface area contributed by atoms with Gasteiger partial charge in [-0.3, -0.25) is 9.78 Å². The molecular formula is C13H15BrN2O2. The third-order valence-corrected chi connectivity index (χ3v) is 4.33. The first-order chi connectivity index (χ1) is 8.65. The highest BCUT2D eigenvalue weighted by Crippen LogP contribution is 2.36. The van der Waals surface area contributed by atoms with Gasteiger partial charge in [0.1, 0.15) is 0 Å². The molecule has 0 radical (unpaired) electrons. The van der Waals surface area contributed by atoms with Crippen molar-refractivity contribution in [2.24, 2.45) is 0 Å². The average Bonchev–Trinajstić information content (AvgIpc) is 2.61. The zero-order valence-electron chi connectivity index (χ0n) is 9.92. The number of aliphatic hydroxyl groups is 1. The molecule has 2 bridgehead atoms. The Balaban J connectivity index is 1.85. The number of hydrogen-bond donors (Lipinski definition) is 1. The van der Waals surface area contributed by atoms with Gasteiger partial charge >= 0.3 is 0 Å². The number of hydrogen-bond acceptors (Lipinski definition) is 3. The zero-order valence-corrected chi connectivity index (χ0v) is 11.5. The second-order valence-electron chi connectivity index (χ2n) is 5.11. The summed E-state index contributed by atoms with van der Waals surface area (Å²) in [6.07, 6.45) is 6.48. The van der Waals surface area contributed by atoms with E-state index in [1.54, 1.807) is 18.5 Å². The van der Waals surface area contributed by atoms with E-state index < -0.39 is 0 Å². The van der Waals surface area contributed by atoms with Gasteiger partial charge in [0.25, 0.3) is 5.91 Å². The number of halogens is 1. The van der Waals surface area contributed by atoms with E-state index >= 15 is 0 Å². The van der Waals surface area contributed by atoms with Crippen molar-refractivity contribution in [2.45, 2.75) is 43.9 Å². The van der Waals surface area contributed by atoms with Gasteiger partial charge in [0, 0.05) is 29.0 Å². The number of nitrogens with zero attached hydrogens (tertiary/aromatic N) is 2. The van der Waals surface area contributed by atoms with Gasteiger partial charge in [-0.1, -0.05) is 0 Å². The topological polar surface area (TPSA) is 53.4 Å². The van der Waals surface area contributed by atoms with E-state index in [4.69, 9.17) is 0 Å². The number of pyridine rings is 1. The quantitative estimate of drug-likeness (QED) is 0.863. The van der Waals surface area contributed by atoms with Gasteiger partial charge in [0.05, 0.1) is 11.7 Å². The lowest BCUT2D eigenvalue weighted by Gasteiger charge is -2.37. The highest BCUT2D eigenvalue weighted by molar-refractivity contribution is 9.10. The maximum absolute atomic E-state index is 12.5. The molecule has 0 aromatic carbocycles. The molecule has 2 aliphatic heterocycles. The van der Waals surface area contributed by atoms with Crippen LogP contribution in [0, 0.1) is 0 Å². The van der Waals surface area contributed by atoms with Crippen LogP contribution in [-0.4, -0.2) is 39.1 Å². The standard InChI is InChI=1S/C13H15BrN2O2/c14-9-3-8(6-15-7-9)13(18)16-10-1-2-11(16)5-12(17)4-10/h3,6-7,10-12,17H,1-2,4-5H2. The predicted molar refractivity (Wildman–Crippen MR) is 70.2 cm³/mol. The Morgan fingerprint density at radius 3 is 2.61 bits per heavy atom. The van der Waals surface area contributed by atoms with Crippen molar-refractivity contribution in [2.75, 3.05) is 0 Å². The number of carbonyl (C=O) groups excluding carboxylic acids is 1. The van der Waals surface area contributed by atoms with Gasteiger partial charge in [0.15, 0.2) is 0 Å². The second-order valence-corrected chi connectivity index (χ2v) is 6.03. The monoisotopic (exact) mass is 310 g/mol. The third kappa shape index (κ3) is 2.06. The van der Waals surface area contributed by atoms with Crippen molar-refractivity contribution in [3.63, 3.8) is 0 Å². The molecule has 1 aromatic heterocycles. The minimum atomic E-state index is -0.243. The molecule has 3 rings (SSSR count). The molecule has 5 heteroatoms. The van der Waals surface area contributed by atoms with Crippen molar-refractivity contribution < 1.29 is 9.90 Å². The van der Waals surface area contributed by atoms with E-state index in [2.05, 4.69) is 20.9 Å². The van der Waals surface area contributed by atoms with Crippen molar-refractivity contribution in [1.29, 1.82) is 0 Å². The number of aromatic nitrogens is 1. The highest BCUT2D eigenvalue weighted by atomic mass is 79.9. The summed E-state index contributed by atoms with van der Waals surface area (Å²) in [7, 11) is 0. The van der Waals surface area contributed by atoms with E-state index in [0.717, 1.165) is 17.3 Å². The molecular weight excluding hydrogens is 296 g/mol. The van der Waals surface area contributed by atoms with Crippen molar-refractivity contribution >= 4 is 21.8 Å². The fourth-order valence-corrected chi connectivity index (χ4v) is 3.52. The molecule has 2 aliphatic rings. The number of carbonyl (C=O) groups is 1. The molecule has 18 heavy (non-hydrogen) atoms. The van der Waals surface area contributed by atoms with Crippen LogP contribution in [0.25, 0.3) is 0 Å². The fraction of sp³-hybridized carbons (Fsp3) is 0.538. The molecule has 96 valence electrons. The van der Waals surface area contributed by atoms with Gasteiger partial charge in [0.2, 0.25) is 0 Å². The Morgan fingerprint density at radius 1 is 1.33 bits per heavy atom. The summed E-state index contributed by atoms with van der Waals surface area (Å²) in [6, 6.07) is 2.20. The largest absolute Gasteiger partial charge is 0.393 e. The first kappa shape index (κ1) is 12.1. The molecule has 2 atom stereocenters. The minimum Gasteiger partial charge on any atom is -0.393 e. The molecule has 0 aliphatic carbocycles. The third-order valence-electron chi connectivity index (χ3n) is 3.89. The van der Waals surface area contributed by atoms with E-state index in [-0.39, 0.29) is 24.1 Å². The Hall–Kier alpha value is -0.940. The summed E-state index contributed by atoms with van der Waals surface area (Å²) in [6.45, 7) is 0. The second kappa shape index (κ2) is 4.63. The molecule has 1 N–H and O–H groups in total. The summed E-state index contributed by atoms with van der Waals surface area (Å²) in [5, 5.41) is 9.75. The van der Waals surface area contributed by atoms with Gasteiger partial charge in [-0.2, -0.15) is 0 Å². The molecule has 4 nitrogen and oxygen atoms in total. The number of aliphatic hydroxyl groups excluding tert-OH is 1. The molecule has 0 saturated carbocycles. The summed E-state index contributed by atoms with van der Waals surface area (Å²) < 4.78 is 0.817. The van der Waals surface area contributed by atoms with Crippen LogP contribution in [0.15, 0.2) is 22.9 Å². The molecule has 0 spiro atoms. The summed E-state index contributed by atoms with van der Waals surface area (Å²) in [5.74, 6) is 0.0446. The molecule has 2 unspecified atom stereocenters. The summed E-state index contributed by atoms with van der Waals surface area (Å²) in [5.41, 5.74) is 0.623. The number of rotatable bonds is 1. The Labute approximate surface area is 114 Å². The van der Waals surface area contributed by atoms with Crippen molar-refractivity contribution in [1.82, 2.24) is 9.88 Å². The maximum Gasteiger partial charge on any atom is 0.255 e. The maximum atomic E-state index is 12.5. The summed E-state index contributed by atoms with van der Waals surface area (Å²) >= 11 is 3.34. The van der Waals surface area contributed by atoms with Gasteiger partial charge in [-0.05, 0) is 47.7 Å². The highest BCUT2D eigenvalue weighted by Gasteiger charge is 2.42. The molecule has 2 fully saturated rings. The van der Waals surface area contributed by atoms with Crippen LogP contribution in [-0.2, 0) is 0 Å². The molecule has 1 amide bonds. The summed E-state index contributed by atoms with van der Waals surface area (Å²) in [4.78, 5) is 18.5. The fourth-order valence-electron chi connectivity index (χ4n) is 3.16. The lowest BCUT2D eigenvalue weighted by atomic mass is 9.99. The van der Waals surface area contributed by atoms with Crippen molar-refractivity contribution in [3.8, 4) is 0 Å². The zero-order chi connectivity index (χ0) is 12.7. The first-order valence-corrected chi connectivity index (χ1v) is 7.05. The number of amides is 1. The van der Waals surface area contributed by atoms with Gasteiger partial charge < -0.3 is 10.0 Å². The Bertz CT molecular complexity index is 466. The van der Waals surface area contributed by atoms with Crippen LogP contribution in [0.5, 0.6) is 0 Å². The SMILES string of the molecule is O=C(c1cncc(Br)c1)N1C2CCC1CC(O)C2. The van der Waals surface area contributed by atoms with Crippen LogP contribution in [0.4, 0.5) is 0 Å². The lowest BCUT2D eigenvalue weighted by molar-refractivity contribution is 0.0286. The first-order valence-electron chi connectivity index (χ1n) is 6.26. The van der Waals surface area contributed by atoms with Crippen LogP contribution in [0.1, 0.15) is 36.0 Å². The predicted octanol–water partition coefficient (Wildman–Crippen LogP) is 1.97. The van der Waals surface area contributed by atoms with Gasteiger partial charge in [-0.25, -0.2) is 0 Å². The van der Waals surface area contributed by atoms with Crippen LogP contribution >= 0.6 is 15.9 Å². The molecule has 2 saturated heterocycles. The smallest absolute Gasteiger partial charge is 0.255 e. The number of piperidine rings is 1. The molecule has 1 aromatic rings. The van der Waals surface area contributed by atoms with E-state index in [0.29, 0.717) is 18.4 Å².